The molecule has 0 aliphatic heterocycles. The molecule has 0 aromatic heterocycles. The van der Waals surface area contributed by atoms with Crippen LogP contribution in [0.15, 0.2) is 36.5 Å². The van der Waals surface area contributed by atoms with Crippen LogP contribution >= 0.6 is 0 Å². The quantitative estimate of drug-likeness (QED) is 0.551. The third-order valence-electron chi connectivity index (χ3n) is 2.92. The average Bonchev–Trinajstić information content (AvgIpc) is 2.32. The first-order valence-electron chi connectivity index (χ1n) is 6.86. The highest BCUT2D eigenvalue weighted by Crippen LogP contribution is 2.06. The molecule has 0 amide bonds. The fourth-order valence-electron chi connectivity index (χ4n) is 1.88. The minimum absolute atomic E-state index is 0.412. The summed E-state index contributed by atoms with van der Waals surface area (Å²) in [7, 11) is 0. The van der Waals surface area contributed by atoms with Crippen molar-refractivity contribution >= 4 is 5.78 Å². The molecule has 0 bridgehead atoms. The third-order valence-corrected chi connectivity index (χ3v) is 2.92. The number of carbonyl (C=O) groups is 1. The SMILES string of the molecule is O=C1CCC=CCCC=CCCC=CCCC1. The molecule has 1 heteroatoms. The Morgan fingerprint density at radius 3 is 1.65 bits per heavy atom. The van der Waals surface area contributed by atoms with E-state index in [9.17, 15) is 4.79 Å². The molecule has 94 valence electrons. The van der Waals surface area contributed by atoms with Crippen molar-refractivity contribution in [3.05, 3.63) is 36.5 Å². The Morgan fingerprint density at radius 2 is 1.06 bits per heavy atom. The van der Waals surface area contributed by atoms with Crippen LogP contribution in [0.4, 0.5) is 0 Å². The zero-order valence-corrected chi connectivity index (χ0v) is 10.7. The second-order valence-corrected chi connectivity index (χ2v) is 4.54. The summed E-state index contributed by atoms with van der Waals surface area (Å²) in [5, 5.41) is 0. The second kappa shape index (κ2) is 10.1. The maximum absolute atomic E-state index is 11.5. The van der Waals surface area contributed by atoms with Gasteiger partial charge in [0.1, 0.15) is 5.78 Å². The molecule has 0 fully saturated rings. The van der Waals surface area contributed by atoms with E-state index in [1.807, 2.05) is 0 Å². The fourth-order valence-corrected chi connectivity index (χ4v) is 1.88. The van der Waals surface area contributed by atoms with Gasteiger partial charge < -0.3 is 0 Å². The number of hydrogen-bond acceptors (Lipinski definition) is 1. The Labute approximate surface area is 105 Å². The van der Waals surface area contributed by atoms with Gasteiger partial charge in [0.05, 0.1) is 0 Å². The highest BCUT2D eigenvalue weighted by atomic mass is 16.1. The summed E-state index contributed by atoms with van der Waals surface area (Å²) < 4.78 is 0. The summed E-state index contributed by atoms with van der Waals surface area (Å²) in [5.41, 5.74) is 0. The van der Waals surface area contributed by atoms with Crippen LogP contribution in [0.3, 0.4) is 0 Å². The molecule has 0 spiro atoms. The summed E-state index contributed by atoms with van der Waals surface area (Å²) in [6.45, 7) is 0. The van der Waals surface area contributed by atoms with Crippen LogP contribution in [-0.4, -0.2) is 5.78 Å². The van der Waals surface area contributed by atoms with Gasteiger partial charge in [-0.3, -0.25) is 4.79 Å². The molecule has 0 heterocycles. The van der Waals surface area contributed by atoms with Crippen LogP contribution in [0.1, 0.15) is 57.8 Å². The maximum Gasteiger partial charge on any atom is 0.133 e. The van der Waals surface area contributed by atoms with Crippen LogP contribution in [0.25, 0.3) is 0 Å². The lowest BCUT2D eigenvalue weighted by atomic mass is 10.1. The lowest BCUT2D eigenvalue weighted by molar-refractivity contribution is -0.119. The van der Waals surface area contributed by atoms with E-state index >= 15 is 0 Å². The van der Waals surface area contributed by atoms with Gasteiger partial charge in [-0.2, -0.15) is 0 Å². The zero-order valence-electron chi connectivity index (χ0n) is 10.7. The topological polar surface area (TPSA) is 17.1 Å². The van der Waals surface area contributed by atoms with Crippen molar-refractivity contribution in [3.8, 4) is 0 Å². The summed E-state index contributed by atoms with van der Waals surface area (Å²) in [4.78, 5) is 11.5. The third kappa shape index (κ3) is 8.67. The van der Waals surface area contributed by atoms with Crippen molar-refractivity contribution < 1.29 is 4.79 Å². The lowest BCUT2D eigenvalue weighted by Gasteiger charge is -1.97. The molecule has 1 nitrogen and oxygen atoms in total. The van der Waals surface area contributed by atoms with Gasteiger partial charge >= 0.3 is 0 Å². The standard InChI is InChI=1S/C16H24O/c17-16-14-12-10-8-6-4-2-1-3-5-7-9-11-13-15-16/h1-2,7-10H,3-6,11-15H2. The molecule has 1 aliphatic rings. The minimum Gasteiger partial charge on any atom is -0.300 e. The van der Waals surface area contributed by atoms with Gasteiger partial charge in [-0.1, -0.05) is 36.5 Å². The lowest BCUT2D eigenvalue weighted by Crippen LogP contribution is -1.96. The number of carbonyl (C=O) groups excluding carboxylic acids is 1. The first kappa shape index (κ1) is 14.0. The number of ketones is 1. The van der Waals surface area contributed by atoms with Gasteiger partial charge in [-0.25, -0.2) is 0 Å². The van der Waals surface area contributed by atoms with Gasteiger partial charge in [-0.05, 0) is 44.9 Å². The monoisotopic (exact) mass is 232 g/mol. The summed E-state index contributed by atoms with van der Waals surface area (Å²) in [6.07, 6.45) is 22.2. The fraction of sp³-hybridized carbons (Fsp3) is 0.562. The first-order chi connectivity index (χ1) is 8.39. The van der Waals surface area contributed by atoms with Crippen LogP contribution in [0.5, 0.6) is 0 Å². The summed E-state index contributed by atoms with van der Waals surface area (Å²) >= 11 is 0. The summed E-state index contributed by atoms with van der Waals surface area (Å²) in [6, 6.07) is 0. The Morgan fingerprint density at radius 1 is 0.588 bits per heavy atom. The van der Waals surface area contributed by atoms with Crippen LogP contribution in [0.2, 0.25) is 0 Å². The predicted octanol–water partition coefficient (Wildman–Crippen LogP) is 4.75. The van der Waals surface area contributed by atoms with E-state index in [2.05, 4.69) is 36.5 Å². The molecular weight excluding hydrogens is 208 g/mol. The molecule has 0 saturated heterocycles. The molecule has 17 heavy (non-hydrogen) atoms. The molecule has 1 rings (SSSR count). The number of hydrogen-bond donors (Lipinski definition) is 0. The van der Waals surface area contributed by atoms with E-state index in [0.29, 0.717) is 5.78 Å². The molecule has 0 saturated carbocycles. The van der Waals surface area contributed by atoms with Crippen molar-refractivity contribution in [1.29, 1.82) is 0 Å². The maximum atomic E-state index is 11.5. The van der Waals surface area contributed by atoms with E-state index < -0.39 is 0 Å². The van der Waals surface area contributed by atoms with Crippen molar-refractivity contribution in [1.82, 2.24) is 0 Å². The zero-order chi connectivity index (χ0) is 12.2. The Hall–Kier alpha value is -1.11. The highest BCUT2D eigenvalue weighted by molar-refractivity contribution is 5.78. The van der Waals surface area contributed by atoms with Crippen LogP contribution in [-0.2, 0) is 4.79 Å². The first-order valence-corrected chi connectivity index (χ1v) is 6.86. The van der Waals surface area contributed by atoms with E-state index in [-0.39, 0.29) is 0 Å². The Balaban J connectivity index is 2.33. The van der Waals surface area contributed by atoms with Gasteiger partial charge in [0.15, 0.2) is 0 Å². The Bertz CT molecular complexity index is 284. The van der Waals surface area contributed by atoms with E-state index in [1.54, 1.807) is 0 Å². The minimum atomic E-state index is 0.412. The summed E-state index contributed by atoms with van der Waals surface area (Å²) in [5.74, 6) is 0.412. The number of rotatable bonds is 0. The normalized spacial score (nSPS) is 20.6. The molecule has 1 aliphatic carbocycles. The second-order valence-electron chi connectivity index (χ2n) is 4.54. The molecular formula is C16H24O. The number of Topliss-reactive ketones (excluding diaryl/α,β-unsaturated/α-hetero) is 1. The highest BCUT2D eigenvalue weighted by Gasteiger charge is 1.98. The van der Waals surface area contributed by atoms with Crippen LogP contribution < -0.4 is 0 Å². The Kier molecular flexibility index (Phi) is 8.27. The molecule has 0 aromatic carbocycles. The largest absolute Gasteiger partial charge is 0.300 e. The van der Waals surface area contributed by atoms with Crippen molar-refractivity contribution in [2.24, 2.45) is 0 Å². The van der Waals surface area contributed by atoms with E-state index in [1.165, 1.54) is 0 Å². The molecule has 0 N–H and O–H groups in total. The van der Waals surface area contributed by atoms with Gasteiger partial charge in [0.25, 0.3) is 0 Å². The smallest absolute Gasteiger partial charge is 0.133 e. The average molecular weight is 232 g/mol. The molecule has 0 radical (unpaired) electrons. The van der Waals surface area contributed by atoms with E-state index in [4.69, 9.17) is 0 Å². The predicted molar refractivity (Wildman–Crippen MR) is 74.0 cm³/mol. The van der Waals surface area contributed by atoms with Crippen LogP contribution in [0, 0.1) is 0 Å². The van der Waals surface area contributed by atoms with E-state index in [0.717, 1.165) is 57.8 Å². The molecule has 0 aromatic rings. The van der Waals surface area contributed by atoms with Crippen molar-refractivity contribution in [2.75, 3.05) is 0 Å². The van der Waals surface area contributed by atoms with Gasteiger partial charge in [-0.15, -0.1) is 0 Å². The molecule has 0 unspecified atom stereocenters. The molecule has 0 atom stereocenters. The van der Waals surface area contributed by atoms with Crippen molar-refractivity contribution in [2.45, 2.75) is 57.8 Å². The van der Waals surface area contributed by atoms with Gasteiger partial charge in [0.2, 0.25) is 0 Å². The number of allylic oxidation sites excluding steroid dienone is 6. The van der Waals surface area contributed by atoms with Gasteiger partial charge in [0, 0.05) is 12.8 Å². The van der Waals surface area contributed by atoms with Crippen molar-refractivity contribution in [3.63, 3.8) is 0 Å².